The number of fused-ring (bicyclic) bond motifs is 2. The summed E-state index contributed by atoms with van der Waals surface area (Å²) >= 11 is 0. The largest absolute Gasteiger partial charge is 0.494 e. The number of amides is 2. The van der Waals surface area contributed by atoms with Crippen LogP contribution in [0.25, 0.3) is 0 Å². The van der Waals surface area contributed by atoms with Crippen LogP contribution in [0.5, 0.6) is 5.75 Å². The highest BCUT2D eigenvalue weighted by molar-refractivity contribution is 6.24. The highest BCUT2D eigenvalue weighted by Gasteiger charge is 2.67. The van der Waals surface area contributed by atoms with Gasteiger partial charge in [-0.3, -0.25) is 9.59 Å². The number of ether oxygens (including phenoxy) is 1. The van der Waals surface area contributed by atoms with Gasteiger partial charge in [0.15, 0.2) is 6.04 Å². The molecule has 2 heterocycles. The lowest BCUT2D eigenvalue weighted by Crippen LogP contribution is -2.33. The Bertz CT molecular complexity index is 694. The SMILES string of the molecule is CCCCCOc1ccc(N2C(=O)C3N=NC4(CC4)C3C2=O)cc1. The number of unbranched alkanes of at least 4 members (excludes halogenated alkanes) is 2. The average molecular weight is 327 g/mol. The first-order valence-corrected chi connectivity index (χ1v) is 8.69. The van der Waals surface area contributed by atoms with Crippen molar-refractivity contribution in [2.75, 3.05) is 11.5 Å². The number of imide groups is 1. The number of carbonyl (C=O) groups excluding carboxylic acids is 2. The number of anilines is 1. The molecular formula is C18H21N3O3. The van der Waals surface area contributed by atoms with E-state index >= 15 is 0 Å². The molecule has 6 nitrogen and oxygen atoms in total. The molecule has 1 aliphatic carbocycles. The second kappa shape index (κ2) is 5.69. The number of carbonyl (C=O) groups is 2. The van der Waals surface area contributed by atoms with Gasteiger partial charge in [-0.25, -0.2) is 4.90 Å². The third kappa shape index (κ3) is 2.32. The predicted octanol–water partition coefficient (Wildman–Crippen LogP) is 3.11. The lowest BCUT2D eigenvalue weighted by Gasteiger charge is -2.17. The zero-order chi connectivity index (χ0) is 16.7. The quantitative estimate of drug-likeness (QED) is 0.595. The van der Waals surface area contributed by atoms with Crippen LogP contribution in [-0.2, 0) is 9.59 Å². The number of benzene rings is 1. The summed E-state index contributed by atoms with van der Waals surface area (Å²) in [7, 11) is 0. The predicted molar refractivity (Wildman–Crippen MR) is 88.1 cm³/mol. The third-order valence-corrected chi connectivity index (χ3v) is 5.11. The second-order valence-electron chi connectivity index (χ2n) is 6.80. The van der Waals surface area contributed by atoms with Gasteiger partial charge in [0.05, 0.1) is 23.8 Å². The lowest BCUT2D eigenvalue weighted by atomic mass is 9.94. The summed E-state index contributed by atoms with van der Waals surface area (Å²) in [4.78, 5) is 26.6. The van der Waals surface area contributed by atoms with Crippen LogP contribution in [0.15, 0.2) is 34.5 Å². The molecule has 2 amide bonds. The first-order valence-electron chi connectivity index (χ1n) is 8.69. The molecule has 0 radical (unpaired) electrons. The van der Waals surface area contributed by atoms with Gasteiger partial charge in [-0.05, 0) is 43.5 Å². The average Bonchev–Trinajstić information content (AvgIpc) is 3.19. The first-order chi connectivity index (χ1) is 11.7. The summed E-state index contributed by atoms with van der Waals surface area (Å²) in [5.74, 6) is -0.0549. The maximum Gasteiger partial charge on any atom is 0.261 e. The van der Waals surface area contributed by atoms with Gasteiger partial charge in [-0.1, -0.05) is 19.8 Å². The van der Waals surface area contributed by atoms with Gasteiger partial charge < -0.3 is 4.74 Å². The molecule has 1 aromatic rings. The highest BCUT2D eigenvalue weighted by Crippen LogP contribution is 2.55. The van der Waals surface area contributed by atoms with Gasteiger partial charge in [0.25, 0.3) is 5.91 Å². The van der Waals surface area contributed by atoms with Crippen molar-refractivity contribution in [3.63, 3.8) is 0 Å². The number of hydrogen-bond acceptors (Lipinski definition) is 5. The minimum absolute atomic E-state index is 0.163. The molecule has 6 heteroatoms. The zero-order valence-electron chi connectivity index (χ0n) is 13.8. The van der Waals surface area contributed by atoms with E-state index in [0.717, 1.165) is 37.9 Å². The van der Waals surface area contributed by atoms with E-state index in [1.165, 1.54) is 4.90 Å². The Morgan fingerprint density at radius 2 is 1.92 bits per heavy atom. The van der Waals surface area contributed by atoms with Crippen LogP contribution in [0, 0.1) is 5.92 Å². The van der Waals surface area contributed by atoms with Crippen molar-refractivity contribution in [1.82, 2.24) is 0 Å². The molecule has 0 N–H and O–H groups in total. The van der Waals surface area contributed by atoms with E-state index in [0.29, 0.717) is 12.3 Å². The summed E-state index contributed by atoms with van der Waals surface area (Å²) < 4.78 is 5.68. The van der Waals surface area contributed by atoms with E-state index in [2.05, 4.69) is 17.2 Å². The van der Waals surface area contributed by atoms with Gasteiger partial charge in [-0.15, -0.1) is 0 Å². The molecule has 4 rings (SSSR count). The normalized spacial score (nSPS) is 26.3. The Hall–Kier alpha value is -2.24. The van der Waals surface area contributed by atoms with Crippen molar-refractivity contribution < 1.29 is 14.3 Å². The van der Waals surface area contributed by atoms with Crippen LogP contribution in [0.3, 0.4) is 0 Å². The molecule has 0 bridgehead atoms. The summed E-state index contributed by atoms with van der Waals surface area (Å²) in [6.45, 7) is 2.83. The Labute approximate surface area is 140 Å². The lowest BCUT2D eigenvalue weighted by molar-refractivity contribution is -0.122. The zero-order valence-corrected chi connectivity index (χ0v) is 13.8. The molecule has 2 aliphatic heterocycles. The topological polar surface area (TPSA) is 71.3 Å². The second-order valence-corrected chi connectivity index (χ2v) is 6.80. The fourth-order valence-corrected chi connectivity index (χ4v) is 3.56. The monoisotopic (exact) mass is 327 g/mol. The third-order valence-electron chi connectivity index (χ3n) is 5.11. The van der Waals surface area contributed by atoms with Gasteiger partial charge in [0, 0.05) is 0 Å². The number of rotatable bonds is 6. The number of hydrogen-bond donors (Lipinski definition) is 0. The standard InChI is InChI=1S/C18H21N3O3/c1-2-3-4-11-24-13-7-5-12(6-8-13)21-16(22)14-15(17(21)23)19-20-18(14)9-10-18/h5-8,14-15H,2-4,9-11H2,1H3. The maximum absolute atomic E-state index is 12.7. The van der Waals surface area contributed by atoms with Crippen molar-refractivity contribution in [2.45, 2.75) is 50.6 Å². The van der Waals surface area contributed by atoms with Gasteiger partial charge >= 0.3 is 0 Å². The van der Waals surface area contributed by atoms with E-state index in [1.54, 1.807) is 12.1 Å². The van der Waals surface area contributed by atoms with Crippen molar-refractivity contribution in [2.24, 2.45) is 16.1 Å². The number of azo groups is 1. The van der Waals surface area contributed by atoms with E-state index in [-0.39, 0.29) is 17.4 Å². The van der Waals surface area contributed by atoms with Crippen LogP contribution in [0.2, 0.25) is 0 Å². The molecule has 24 heavy (non-hydrogen) atoms. The summed E-state index contributed by atoms with van der Waals surface area (Å²) in [5.41, 5.74) is 0.209. The Morgan fingerprint density at radius 3 is 2.58 bits per heavy atom. The fraction of sp³-hybridized carbons (Fsp3) is 0.556. The summed E-state index contributed by atoms with van der Waals surface area (Å²) in [5, 5.41) is 8.28. The van der Waals surface area contributed by atoms with E-state index in [1.807, 2.05) is 12.1 Å². The molecule has 2 fully saturated rings. The van der Waals surface area contributed by atoms with Crippen molar-refractivity contribution >= 4 is 17.5 Å². The molecule has 126 valence electrons. The van der Waals surface area contributed by atoms with Gasteiger partial charge in [-0.2, -0.15) is 10.2 Å². The van der Waals surface area contributed by atoms with Gasteiger partial charge in [0.1, 0.15) is 5.75 Å². The first kappa shape index (κ1) is 15.3. The van der Waals surface area contributed by atoms with Crippen LogP contribution in [-0.4, -0.2) is 30.0 Å². The molecule has 0 aromatic heterocycles. The number of nitrogens with zero attached hydrogens (tertiary/aromatic N) is 3. The molecule has 1 saturated carbocycles. The van der Waals surface area contributed by atoms with E-state index < -0.39 is 12.0 Å². The Balaban J connectivity index is 1.47. The van der Waals surface area contributed by atoms with E-state index in [9.17, 15) is 9.59 Å². The van der Waals surface area contributed by atoms with E-state index in [4.69, 9.17) is 4.74 Å². The van der Waals surface area contributed by atoms with Crippen molar-refractivity contribution in [1.29, 1.82) is 0 Å². The molecule has 1 spiro atoms. The molecule has 2 unspecified atom stereocenters. The fourth-order valence-electron chi connectivity index (χ4n) is 3.56. The maximum atomic E-state index is 12.7. The molecule has 3 aliphatic rings. The van der Waals surface area contributed by atoms with Crippen LogP contribution in [0.1, 0.15) is 39.0 Å². The molecule has 1 aromatic carbocycles. The van der Waals surface area contributed by atoms with Crippen LogP contribution < -0.4 is 9.64 Å². The van der Waals surface area contributed by atoms with Crippen molar-refractivity contribution in [3.05, 3.63) is 24.3 Å². The smallest absolute Gasteiger partial charge is 0.261 e. The van der Waals surface area contributed by atoms with Crippen molar-refractivity contribution in [3.8, 4) is 5.75 Å². The molecule has 2 atom stereocenters. The van der Waals surface area contributed by atoms with Gasteiger partial charge in [0.2, 0.25) is 5.91 Å². The molecule has 1 saturated heterocycles. The minimum Gasteiger partial charge on any atom is -0.494 e. The molecular weight excluding hydrogens is 306 g/mol. The summed E-state index contributed by atoms with van der Waals surface area (Å²) in [6, 6.07) is 6.53. The highest BCUT2D eigenvalue weighted by atomic mass is 16.5. The van der Waals surface area contributed by atoms with Crippen LogP contribution in [0.4, 0.5) is 5.69 Å². The summed E-state index contributed by atoms with van der Waals surface area (Å²) in [6.07, 6.45) is 5.04. The van der Waals surface area contributed by atoms with Crippen LogP contribution >= 0.6 is 0 Å². The minimum atomic E-state index is -0.620. The Kier molecular flexibility index (Phi) is 3.62. The Morgan fingerprint density at radius 1 is 1.17 bits per heavy atom.